The monoisotopic (exact) mass is 277 g/mol. The van der Waals surface area contributed by atoms with Gasteiger partial charge in [0.2, 0.25) is 10.0 Å². The Labute approximate surface area is 108 Å². The van der Waals surface area contributed by atoms with E-state index in [0.717, 1.165) is 24.2 Å². The Bertz CT molecular complexity index is 397. The summed E-state index contributed by atoms with van der Waals surface area (Å²) in [5, 5.41) is 0. The highest BCUT2D eigenvalue weighted by atomic mass is 35.5. The van der Waals surface area contributed by atoms with Crippen LogP contribution in [0.3, 0.4) is 0 Å². The number of rotatable bonds is 4. The minimum absolute atomic E-state index is 0.0521. The molecule has 5 atom stereocenters. The lowest BCUT2D eigenvalue weighted by Crippen LogP contribution is -2.43. The Morgan fingerprint density at radius 2 is 1.88 bits per heavy atom. The molecule has 1 N–H and O–H groups in total. The Morgan fingerprint density at radius 3 is 2.65 bits per heavy atom. The fourth-order valence-electron chi connectivity index (χ4n) is 4.59. The molecule has 3 aliphatic rings. The summed E-state index contributed by atoms with van der Waals surface area (Å²) in [6.07, 6.45) is 6.37. The Balaban J connectivity index is 1.68. The van der Waals surface area contributed by atoms with Gasteiger partial charge >= 0.3 is 0 Å². The average molecular weight is 278 g/mol. The van der Waals surface area contributed by atoms with E-state index in [1.54, 1.807) is 0 Å². The van der Waals surface area contributed by atoms with Crippen LogP contribution in [-0.4, -0.2) is 26.1 Å². The van der Waals surface area contributed by atoms with Crippen LogP contribution in [0.15, 0.2) is 0 Å². The minimum Gasteiger partial charge on any atom is -0.212 e. The highest BCUT2D eigenvalue weighted by Crippen LogP contribution is 2.58. The number of alkyl halides is 1. The quantitative estimate of drug-likeness (QED) is 0.799. The van der Waals surface area contributed by atoms with E-state index in [1.807, 2.05) is 0 Å². The molecule has 0 aromatic carbocycles. The third kappa shape index (κ3) is 2.13. The molecule has 3 fully saturated rings. The highest BCUT2D eigenvalue weighted by Gasteiger charge is 2.54. The van der Waals surface area contributed by atoms with Gasteiger partial charge < -0.3 is 0 Å². The number of hydrogen-bond donors (Lipinski definition) is 1. The molecule has 5 heteroatoms. The van der Waals surface area contributed by atoms with Gasteiger partial charge in [0, 0.05) is 11.9 Å². The largest absolute Gasteiger partial charge is 0.213 e. The lowest BCUT2D eigenvalue weighted by Gasteiger charge is -2.31. The molecule has 0 spiro atoms. The van der Waals surface area contributed by atoms with E-state index in [9.17, 15) is 8.42 Å². The van der Waals surface area contributed by atoms with Gasteiger partial charge in [0.25, 0.3) is 0 Å². The maximum atomic E-state index is 11.8. The van der Waals surface area contributed by atoms with Gasteiger partial charge in [-0.15, -0.1) is 11.6 Å². The molecule has 3 saturated carbocycles. The van der Waals surface area contributed by atoms with Crippen LogP contribution in [0.4, 0.5) is 0 Å². The van der Waals surface area contributed by atoms with Crippen LogP contribution in [0.25, 0.3) is 0 Å². The Morgan fingerprint density at radius 1 is 1.12 bits per heavy atom. The van der Waals surface area contributed by atoms with Crippen molar-refractivity contribution in [1.29, 1.82) is 0 Å². The minimum atomic E-state index is -3.15. The highest BCUT2D eigenvalue weighted by molar-refractivity contribution is 7.89. The standard InChI is InChI=1S/C12H20ClNO2S/c13-4-5-17(15,16)14-12-7-8-6-11(12)10-3-1-2-9(8)10/h8-12,14H,1-7H2. The molecule has 0 radical (unpaired) electrons. The summed E-state index contributed by atoms with van der Waals surface area (Å²) in [6.45, 7) is 0. The summed E-state index contributed by atoms with van der Waals surface area (Å²) in [6, 6.07) is 0.201. The molecule has 3 aliphatic carbocycles. The second-order valence-electron chi connectivity index (χ2n) is 5.89. The lowest BCUT2D eigenvalue weighted by molar-refractivity contribution is 0.224. The molecule has 98 valence electrons. The van der Waals surface area contributed by atoms with Gasteiger partial charge in [0.15, 0.2) is 0 Å². The third-order valence-corrected chi connectivity index (χ3v) is 6.92. The summed E-state index contributed by atoms with van der Waals surface area (Å²) in [5.74, 6) is 3.35. The Kier molecular flexibility index (Phi) is 3.16. The molecule has 0 aromatic heterocycles. The summed E-state index contributed by atoms with van der Waals surface area (Å²) in [5.41, 5.74) is 0. The fraction of sp³-hybridized carbons (Fsp3) is 1.00. The first kappa shape index (κ1) is 12.2. The second kappa shape index (κ2) is 4.39. The number of fused-ring (bicyclic) bond motifs is 5. The molecule has 0 heterocycles. The van der Waals surface area contributed by atoms with Crippen molar-refractivity contribution in [2.45, 2.75) is 38.1 Å². The van der Waals surface area contributed by atoms with E-state index < -0.39 is 10.0 Å². The topological polar surface area (TPSA) is 46.2 Å². The first-order chi connectivity index (χ1) is 8.11. The van der Waals surface area contributed by atoms with Crippen molar-refractivity contribution in [1.82, 2.24) is 4.72 Å². The zero-order valence-electron chi connectivity index (χ0n) is 9.94. The number of halogens is 1. The van der Waals surface area contributed by atoms with E-state index >= 15 is 0 Å². The van der Waals surface area contributed by atoms with Crippen molar-refractivity contribution in [3.63, 3.8) is 0 Å². The molecule has 0 saturated heterocycles. The zero-order valence-corrected chi connectivity index (χ0v) is 11.5. The molecule has 0 aromatic rings. The average Bonchev–Trinajstić information content (AvgIpc) is 2.84. The SMILES string of the molecule is O=S(=O)(CCCl)NC1CC2CC1C1CCCC21. The van der Waals surface area contributed by atoms with Gasteiger partial charge in [-0.05, 0) is 49.4 Å². The van der Waals surface area contributed by atoms with Crippen LogP contribution in [0.5, 0.6) is 0 Å². The van der Waals surface area contributed by atoms with Crippen LogP contribution in [-0.2, 0) is 10.0 Å². The van der Waals surface area contributed by atoms with E-state index in [1.165, 1.54) is 25.7 Å². The molecule has 3 rings (SSSR count). The summed E-state index contributed by atoms with van der Waals surface area (Å²) in [7, 11) is -3.15. The molecule has 0 aliphatic heterocycles. The van der Waals surface area contributed by atoms with Gasteiger partial charge in [-0.25, -0.2) is 13.1 Å². The smallest absolute Gasteiger partial charge is 0.212 e. The Hall–Kier alpha value is 0.200. The first-order valence-corrected chi connectivity index (χ1v) is 8.85. The van der Waals surface area contributed by atoms with Crippen molar-refractivity contribution in [3.05, 3.63) is 0 Å². The first-order valence-electron chi connectivity index (χ1n) is 6.66. The van der Waals surface area contributed by atoms with Gasteiger partial charge in [-0.2, -0.15) is 0 Å². The van der Waals surface area contributed by atoms with E-state index in [2.05, 4.69) is 4.72 Å². The zero-order chi connectivity index (χ0) is 12.0. The predicted molar refractivity (Wildman–Crippen MR) is 68.5 cm³/mol. The predicted octanol–water partition coefficient (Wildman–Crippen LogP) is 1.97. The van der Waals surface area contributed by atoms with Crippen molar-refractivity contribution in [2.24, 2.45) is 23.7 Å². The van der Waals surface area contributed by atoms with Crippen LogP contribution in [0.2, 0.25) is 0 Å². The van der Waals surface area contributed by atoms with Crippen molar-refractivity contribution >= 4 is 21.6 Å². The lowest BCUT2D eigenvalue weighted by atomic mass is 9.79. The summed E-state index contributed by atoms with van der Waals surface area (Å²) in [4.78, 5) is 0. The third-order valence-electron chi connectivity index (χ3n) is 5.11. The summed E-state index contributed by atoms with van der Waals surface area (Å²) < 4.78 is 26.4. The van der Waals surface area contributed by atoms with Crippen LogP contribution in [0, 0.1) is 23.7 Å². The molecule has 17 heavy (non-hydrogen) atoms. The van der Waals surface area contributed by atoms with Crippen molar-refractivity contribution < 1.29 is 8.42 Å². The molecule has 3 nitrogen and oxygen atoms in total. The number of nitrogens with one attached hydrogen (secondary N) is 1. The molecular formula is C12H20ClNO2S. The molecule has 0 amide bonds. The van der Waals surface area contributed by atoms with Crippen LogP contribution >= 0.6 is 11.6 Å². The molecular weight excluding hydrogens is 258 g/mol. The number of hydrogen-bond acceptors (Lipinski definition) is 2. The van der Waals surface area contributed by atoms with Gasteiger partial charge in [0.05, 0.1) is 5.75 Å². The normalized spacial score (nSPS) is 44.2. The van der Waals surface area contributed by atoms with E-state index in [-0.39, 0.29) is 17.7 Å². The van der Waals surface area contributed by atoms with Gasteiger partial charge in [0.1, 0.15) is 0 Å². The second-order valence-corrected chi connectivity index (χ2v) is 8.14. The van der Waals surface area contributed by atoms with E-state index in [0.29, 0.717) is 5.92 Å². The van der Waals surface area contributed by atoms with Crippen LogP contribution in [0.1, 0.15) is 32.1 Å². The molecule has 2 bridgehead atoms. The maximum absolute atomic E-state index is 11.8. The molecule has 5 unspecified atom stereocenters. The fourth-order valence-corrected chi connectivity index (χ4v) is 6.26. The van der Waals surface area contributed by atoms with Gasteiger partial charge in [-0.1, -0.05) is 6.42 Å². The van der Waals surface area contributed by atoms with Crippen LogP contribution < -0.4 is 4.72 Å². The van der Waals surface area contributed by atoms with Crippen molar-refractivity contribution in [2.75, 3.05) is 11.6 Å². The summed E-state index contributed by atoms with van der Waals surface area (Å²) >= 11 is 5.52. The van der Waals surface area contributed by atoms with Gasteiger partial charge in [-0.3, -0.25) is 0 Å². The van der Waals surface area contributed by atoms with Crippen molar-refractivity contribution in [3.8, 4) is 0 Å². The van der Waals surface area contributed by atoms with E-state index in [4.69, 9.17) is 11.6 Å². The number of sulfonamides is 1. The maximum Gasteiger partial charge on any atom is 0.213 e.